The number of amides is 3. The Morgan fingerprint density at radius 3 is 2.66 bits per heavy atom. The highest BCUT2D eigenvalue weighted by atomic mass is 19.4. The van der Waals surface area contributed by atoms with Crippen LogP contribution in [0.25, 0.3) is 0 Å². The molecule has 3 rings (SSSR count). The molecule has 0 radical (unpaired) electrons. The molecule has 0 aliphatic carbocycles. The van der Waals surface area contributed by atoms with Crippen molar-refractivity contribution in [3.8, 4) is 0 Å². The Kier molecular flexibility index (Phi) is 6.30. The Hall–Kier alpha value is -2.36. The van der Waals surface area contributed by atoms with Crippen LogP contribution in [0.2, 0.25) is 0 Å². The van der Waals surface area contributed by atoms with Crippen molar-refractivity contribution >= 4 is 11.9 Å². The first-order valence-corrected chi connectivity index (χ1v) is 9.42. The normalized spacial score (nSPS) is 21.9. The number of carbonyl (C=O) groups is 2. The zero-order chi connectivity index (χ0) is 21.1. The summed E-state index contributed by atoms with van der Waals surface area (Å²) in [6.45, 7) is -0.262. The van der Waals surface area contributed by atoms with Crippen LogP contribution < -0.4 is 10.6 Å². The average Bonchev–Trinajstić information content (AvgIpc) is 2.99. The fraction of sp³-hybridized carbons (Fsp3) is 0.579. The molecule has 3 amide bonds. The van der Waals surface area contributed by atoms with Crippen LogP contribution in [0.1, 0.15) is 24.8 Å². The number of nitrogens with one attached hydrogen (secondary N) is 2. The van der Waals surface area contributed by atoms with Crippen molar-refractivity contribution in [1.29, 1.82) is 0 Å². The predicted molar refractivity (Wildman–Crippen MR) is 95.7 cm³/mol. The van der Waals surface area contributed by atoms with Crippen molar-refractivity contribution in [2.45, 2.75) is 36.9 Å². The lowest BCUT2D eigenvalue weighted by Crippen LogP contribution is -2.51. The van der Waals surface area contributed by atoms with Crippen LogP contribution in [0, 0.1) is 5.82 Å². The highest BCUT2D eigenvalue weighted by Crippen LogP contribution is 2.34. The van der Waals surface area contributed by atoms with E-state index in [1.165, 1.54) is 12.1 Å². The minimum atomic E-state index is -4.48. The maximum absolute atomic E-state index is 13.7. The maximum Gasteiger partial charge on any atom is 0.406 e. The Morgan fingerprint density at radius 2 is 2.00 bits per heavy atom. The van der Waals surface area contributed by atoms with Crippen molar-refractivity contribution in [3.05, 3.63) is 35.6 Å². The second kappa shape index (κ2) is 8.56. The summed E-state index contributed by atoms with van der Waals surface area (Å²) in [5, 5.41) is 5.15. The van der Waals surface area contributed by atoms with E-state index in [2.05, 4.69) is 10.6 Å². The quantitative estimate of drug-likeness (QED) is 0.723. The van der Waals surface area contributed by atoms with Crippen LogP contribution in [0.3, 0.4) is 0 Å². The molecule has 2 heterocycles. The monoisotopic (exact) mass is 417 g/mol. The molecule has 2 fully saturated rings. The van der Waals surface area contributed by atoms with Gasteiger partial charge < -0.3 is 20.3 Å². The molecule has 1 aromatic rings. The Morgan fingerprint density at radius 1 is 1.28 bits per heavy atom. The summed E-state index contributed by atoms with van der Waals surface area (Å²) in [4.78, 5) is 25.1. The fourth-order valence-electron chi connectivity index (χ4n) is 3.85. The van der Waals surface area contributed by atoms with E-state index in [0.29, 0.717) is 31.0 Å². The second-order valence-electron chi connectivity index (χ2n) is 7.45. The van der Waals surface area contributed by atoms with Gasteiger partial charge in [-0.2, -0.15) is 13.2 Å². The van der Waals surface area contributed by atoms with Crippen LogP contribution >= 0.6 is 0 Å². The third-order valence-electron chi connectivity index (χ3n) is 5.45. The Balaban J connectivity index is 1.59. The van der Waals surface area contributed by atoms with Gasteiger partial charge in [-0.3, -0.25) is 4.79 Å². The number of alkyl halides is 3. The molecule has 6 nitrogen and oxygen atoms in total. The first-order chi connectivity index (χ1) is 13.7. The van der Waals surface area contributed by atoms with Crippen molar-refractivity contribution in [3.63, 3.8) is 0 Å². The maximum atomic E-state index is 13.7. The van der Waals surface area contributed by atoms with Gasteiger partial charge in [0.2, 0.25) is 5.91 Å². The van der Waals surface area contributed by atoms with Gasteiger partial charge in [-0.1, -0.05) is 12.1 Å². The van der Waals surface area contributed by atoms with Crippen molar-refractivity contribution in [2.24, 2.45) is 0 Å². The molecule has 2 aliphatic rings. The SMILES string of the molecule is O=C(NCC1(c2cccc(F)c2)CCOCC1)NC1CCN(CC(F)(F)F)C1=O. The van der Waals surface area contributed by atoms with Crippen molar-refractivity contribution in [2.75, 3.05) is 32.8 Å². The van der Waals surface area contributed by atoms with Crippen molar-refractivity contribution < 1.29 is 31.9 Å². The van der Waals surface area contributed by atoms with Crippen LogP contribution in [0.4, 0.5) is 22.4 Å². The second-order valence-corrected chi connectivity index (χ2v) is 7.45. The zero-order valence-electron chi connectivity index (χ0n) is 15.7. The zero-order valence-corrected chi connectivity index (χ0v) is 15.7. The predicted octanol–water partition coefficient (Wildman–Crippen LogP) is 2.34. The molecule has 2 aliphatic heterocycles. The number of nitrogens with zero attached hydrogens (tertiary/aromatic N) is 1. The summed E-state index contributed by atoms with van der Waals surface area (Å²) in [5.41, 5.74) is 0.231. The van der Waals surface area contributed by atoms with Gasteiger partial charge in [-0.25, -0.2) is 9.18 Å². The fourth-order valence-corrected chi connectivity index (χ4v) is 3.85. The number of likely N-dealkylation sites (tertiary alicyclic amines) is 1. The molecule has 2 N–H and O–H groups in total. The van der Waals surface area contributed by atoms with Gasteiger partial charge in [0.15, 0.2) is 0 Å². The van der Waals surface area contributed by atoms with Gasteiger partial charge in [-0.05, 0) is 37.0 Å². The van der Waals surface area contributed by atoms with Crippen LogP contribution in [0.15, 0.2) is 24.3 Å². The molecular weight excluding hydrogens is 394 g/mol. The number of ether oxygens (including phenoxy) is 1. The highest BCUT2D eigenvalue weighted by Gasteiger charge is 2.40. The summed E-state index contributed by atoms with van der Waals surface area (Å²) >= 11 is 0. The third kappa shape index (κ3) is 5.37. The molecule has 2 saturated heterocycles. The lowest BCUT2D eigenvalue weighted by Gasteiger charge is -2.38. The van der Waals surface area contributed by atoms with Crippen LogP contribution in [-0.4, -0.2) is 61.9 Å². The lowest BCUT2D eigenvalue weighted by molar-refractivity contribution is -0.157. The Bertz CT molecular complexity index is 750. The minimum absolute atomic E-state index is 0.0616. The third-order valence-corrected chi connectivity index (χ3v) is 5.45. The van der Waals surface area contributed by atoms with E-state index in [4.69, 9.17) is 4.74 Å². The molecule has 0 bridgehead atoms. The number of urea groups is 1. The molecule has 0 aromatic heterocycles. The summed E-state index contributed by atoms with van der Waals surface area (Å²) in [7, 11) is 0. The number of halogens is 4. The summed E-state index contributed by atoms with van der Waals surface area (Å²) in [6, 6.07) is 4.55. The van der Waals surface area contributed by atoms with Crippen molar-refractivity contribution in [1.82, 2.24) is 15.5 Å². The summed E-state index contributed by atoms with van der Waals surface area (Å²) < 4.78 is 56.6. The van der Waals surface area contributed by atoms with Gasteiger partial charge in [0.1, 0.15) is 18.4 Å². The van der Waals surface area contributed by atoms with E-state index in [1.54, 1.807) is 12.1 Å². The molecule has 1 unspecified atom stereocenters. The van der Waals surface area contributed by atoms with Crippen LogP contribution in [-0.2, 0) is 14.9 Å². The molecule has 160 valence electrons. The van der Waals surface area contributed by atoms with E-state index >= 15 is 0 Å². The molecule has 0 saturated carbocycles. The Labute approximate surface area is 165 Å². The number of hydrogen-bond donors (Lipinski definition) is 2. The number of carbonyl (C=O) groups excluding carboxylic acids is 2. The van der Waals surface area contributed by atoms with Gasteiger partial charge in [0.25, 0.3) is 0 Å². The molecule has 10 heteroatoms. The number of hydrogen-bond acceptors (Lipinski definition) is 3. The topological polar surface area (TPSA) is 70.7 Å². The smallest absolute Gasteiger partial charge is 0.381 e. The minimum Gasteiger partial charge on any atom is -0.381 e. The molecular formula is C19H23F4N3O3. The summed E-state index contributed by atoms with van der Waals surface area (Å²) in [5.74, 6) is -1.12. The van der Waals surface area contributed by atoms with E-state index in [0.717, 1.165) is 5.56 Å². The lowest BCUT2D eigenvalue weighted by atomic mass is 9.74. The van der Waals surface area contributed by atoms with E-state index in [9.17, 15) is 27.2 Å². The van der Waals surface area contributed by atoms with Gasteiger partial charge in [0, 0.05) is 31.7 Å². The standard InChI is InChI=1S/C19H23F4N3O3/c20-14-3-1-2-13(10-14)18(5-8-29-9-6-18)11-24-17(28)25-15-4-7-26(16(15)27)12-19(21,22)23/h1-3,10,15H,4-9,11-12H2,(H2,24,25,28). The van der Waals surface area contributed by atoms with E-state index in [1.807, 2.05) is 0 Å². The van der Waals surface area contributed by atoms with Gasteiger partial charge in [0.05, 0.1) is 0 Å². The van der Waals surface area contributed by atoms with Gasteiger partial charge >= 0.3 is 12.2 Å². The molecule has 1 aromatic carbocycles. The molecule has 1 atom stereocenters. The largest absolute Gasteiger partial charge is 0.406 e. The van der Waals surface area contributed by atoms with Crippen LogP contribution in [0.5, 0.6) is 0 Å². The first kappa shape index (κ1) is 21.4. The molecule has 0 spiro atoms. The van der Waals surface area contributed by atoms with Gasteiger partial charge in [-0.15, -0.1) is 0 Å². The average molecular weight is 417 g/mol. The number of benzene rings is 1. The highest BCUT2D eigenvalue weighted by molar-refractivity contribution is 5.88. The summed E-state index contributed by atoms with van der Waals surface area (Å²) in [6.07, 6.45) is -3.20. The van der Waals surface area contributed by atoms with E-state index < -0.39 is 36.1 Å². The first-order valence-electron chi connectivity index (χ1n) is 9.42. The van der Waals surface area contributed by atoms with E-state index in [-0.39, 0.29) is 25.3 Å². The molecule has 29 heavy (non-hydrogen) atoms. The number of rotatable bonds is 5.